The van der Waals surface area contributed by atoms with E-state index in [2.05, 4.69) is 158 Å². The Morgan fingerprint density at radius 1 is 0.500 bits per heavy atom. The van der Waals surface area contributed by atoms with Crippen LogP contribution in [0.5, 0.6) is 0 Å². The van der Waals surface area contributed by atoms with E-state index in [0.29, 0.717) is 4.89 Å². The van der Waals surface area contributed by atoms with Gasteiger partial charge < -0.3 is 40.7 Å². The summed E-state index contributed by atoms with van der Waals surface area (Å²) in [5.74, 6) is 0. The van der Waals surface area contributed by atoms with E-state index >= 15 is 0 Å². The number of halogens is 8. The van der Waals surface area contributed by atoms with Crippen LogP contribution in [0, 0.1) is 22.7 Å². The van der Waals surface area contributed by atoms with E-state index in [9.17, 15) is 45.0 Å². The Morgan fingerprint density at radius 3 is 1.08 bits per heavy atom. The third-order valence-electron chi connectivity index (χ3n) is 6.76. The molecule has 0 heterocycles. The van der Waals surface area contributed by atoms with Crippen molar-refractivity contribution < 1.29 is 50.1 Å². The molecule has 0 aliphatic heterocycles. The summed E-state index contributed by atoms with van der Waals surface area (Å²) in [6.07, 6.45) is 0.750. The van der Waals surface area contributed by atoms with Gasteiger partial charge in [-0.2, -0.15) is 0 Å². The topological polar surface area (TPSA) is 82.6 Å². The summed E-state index contributed by atoms with van der Waals surface area (Å²) < 4.78 is 79.9. The van der Waals surface area contributed by atoms with Gasteiger partial charge in [0.05, 0.1) is 0 Å². The quantitative estimate of drug-likeness (QED) is 0.0817. The van der Waals surface area contributed by atoms with Gasteiger partial charge in [0, 0.05) is 0 Å². The zero-order valence-electron chi connectivity index (χ0n) is 27.6. The molecule has 2 atom stereocenters. The van der Waals surface area contributed by atoms with Crippen molar-refractivity contribution in [1.29, 1.82) is 10.5 Å². The molecule has 3 N–H and O–H groups in total. The Morgan fingerprint density at radius 2 is 0.788 bits per heavy atom. The summed E-state index contributed by atoms with van der Waals surface area (Å²) >= 11 is -2.90. The molecule has 5 aromatic carbocycles. The van der Waals surface area contributed by atoms with Gasteiger partial charge in [-0.1, -0.05) is 0 Å². The van der Waals surface area contributed by atoms with Gasteiger partial charge in [-0.25, -0.2) is 0 Å². The van der Waals surface area contributed by atoms with Crippen molar-refractivity contribution in [3.8, 4) is 12.1 Å². The molecule has 52 heavy (non-hydrogen) atoms. The van der Waals surface area contributed by atoms with Crippen molar-refractivity contribution >= 4 is 55.6 Å². The summed E-state index contributed by atoms with van der Waals surface area (Å²) in [4.78, 5) is 0.428. The number of hydrogen-bond donors (Lipinski definition) is 1. The third-order valence-corrected chi connectivity index (χ3v) is 22.4. The average molecular weight is 852 g/mol. The van der Waals surface area contributed by atoms with Gasteiger partial charge in [0.25, 0.3) is 0 Å². The monoisotopic (exact) mass is 851 g/mol. The second-order valence-electron chi connectivity index (χ2n) is 10.3. The fraction of sp³-hybridized carbons (Fsp3) is 0.111. The molecule has 0 radical (unpaired) electrons. The summed E-state index contributed by atoms with van der Waals surface area (Å²) in [6.45, 7) is 0. The van der Waals surface area contributed by atoms with Crippen LogP contribution in [0.1, 0.15) is 0 Å². The third kappa shape index (κ3) is 15.0. The number of hydrogen-bond acceptors (Lipinski definition) is 3. The van der Waals surface area contributed by atoms with Crippen LogP contribution in [-0.2, 0) is 15.5 Å². The summed E-state index contributed by atoms with van der Waals surface area (Å²) in [7, 11) is -13.6. The second kappa shape index (κ2) is 21.6. The van der Waals surface area contributed by atoms with E-state index in [1.54, 1.807) is 0 Å². The van der Waals surface area contributed by atoms with Crippen molar-refractivity contribution in [3.05, 3.63) is 152 Å². The van der Waals surface area contributed by atoms with Gasteiger partial charge >= 0.3 is 266 Å². The molecule has 0 amide bonds. The number of benzene rings is 5. The van der Waals surface area contributed by atoms with Crippen LogP contribution in [0.15, 0.2) is 152 Å². The van der Waals surface area contributed by atoms with Crippen LogP contribution in [0.3, 0.4) is 0 Å². The molecule has 2 unspecified atom stereocenters. The fourth-order valence-electron chi connectivity index (χ4n) is 4.75. The Bertz CT molecular complexity index is 1720. The SMILES string of the molecule is F[B-](F)(F)F.F[B-](F)(F)F.N.N#C[CH2][Pd+2]([CH2]P(c1ccccc1)c1ccccc1)([c]1ccccc1)[CH](C#N)CP(c1ccccc1)c1ccccc1. The first kappa shape index (κ1) is 44.3. The molecular formula is C36H35B2F8N3P2Pd. The summed E-state index contributed by atoms with van der Waals surface area (Å²) in [5, 5.41) is 26.6. The van der Waals surface area contributed by atoms with E-state index in [1.165, 1.54) is 25.3 Å². The second-order valence-corrected chi connectivity index (χ2v) is 22.2. The molecule has 0 saturated heterocycles. The molecular weight excluding hydrogens is 816 g/mol. The molecule has 16 heteroatoms. The van der Waals surface area contributed by atoms with Gasteiger partial charge in [0.1, 0.15) is 0 Å². The van der Waals surface area contributed by atoms with E-state index in [4.69, 9.17) is 0 Å². The van der Waals surface area contributed by atoms with Crippen molar-refractivity contribution in [1.82, 2.24) is 6.15 Å². The molecule has 0 saturated carbocycles. The summed E-state index contributed by atoms with van der Waals surface area (Å²) in [6, 6.07) is 58.8. The van der Waals surface area contributed by atoms with Gasteiger partial charge in [-0.3, -0.25) is 0 Å². The molecule has 5 aromatic rings. The van der Waals surface area contributed by atoms with E-state index < -0.39 is 45.9 Å². The Labute approximate surface area is 305 Å². The van der Waals surface area contributed by atoms with Crippen molar-refractivity contribution in [2.75, 3.05) is 10.8 Å². The zero-order valence-corrected chi connectivity index (χ0v) is 31.0. The molecule has 0 fully saturated rings. The van der Waals surface area contributed by atoms with E-state index in [-0.39, 0.29) is 10.5 Å². The predicted molar refractivity (Wildman–Crippen MR) is 199 cm³/mol. The normalized spacial score (nSPS) is 13.3. The van der Waals surface area contributed by atoms with Crippen LogP contribution in [-0.4, -0.2) is 25.3 Å². The van der Waals surface area contributed by atoms with Crippen LogP contribution in [0.4, 0.5) is 34.5 Å². The van der Waals surface area contributed by atoms with Crippen molar-refractivity contribution in [3.63, 3.8) is 0 Å². The first-order chi connectivity index (χ1) is 24.2. The number of nitrogens with zero attached hydrogens (tertiary/aromatic N) is 2. The molecule has 276 valence electrons. The Kier molecular flexibility index (Phi) is 18.4. The Balaban J connectivity index is 0.000000753. The molecule has 0 aliphatic rings. The van der Waals surface area contributed by atoms with Crippen LogP contribution >= 0.6 is 15.8 Å². The van der Waals surface area contributed by atoms with Crippen LogP contribution in [0.25, 0.3) is 0 Å². The Hall–Kier alpha value is -3.87. The van der Waals surface area contributed by atoms with Crippen molar-refractivity contribution in [2.45, 2.75) is 9.28 Å². The van der Waals surface area contributed by atoms with Crippen molar-refractivity contribution in [2.24, 2.45) is 0 Å². The van der Waals surface area contributed by atoms with Crippen LogP contribution < -0.4 is 31.4 Å². The fourth-order valence-corrected chi connectivity index (χ4v) is 22.1. The molecule has 0 aromatic heterocycles. The molecule has 3 nitrogen and oxygen atoms in total. The predicted octanol–water partition coefficient (Wildman–Crippen LogP) is 9.71. The van der Waals surface area contributed by atoms with Gasteiger partial charge in [0.2, 0.25) is 0 Å². The maximum absolute atomic E-state index is 11.0. The standard InChI is InChI=1S/C15H13NP.C13H12P.C6H5.C2H2N.2BF4.H3N.Pd/c16-12-7-13-17(14-8-3-1-4-9-14)15-10-5-2-6-11-15;1-14(12-8-4-2-5-9-12)13-10-6-3-7-11-13;1-2-4-6-5-3-1;1-2-3;2*2-1(3,4)5;;/h1-11H,13H2;2-11H,1H2;1-5H;1H2;;;1H3;/q;;;;2*-1;;+2. The molecule has 0 aliphatic carbocycles. The van der Waals surface area contributed by atoms with Gasteiger partial charge in [-0.15, -0.1) is 0 Å². The molecule has 0 bridgehead atoms. The molecule has 0 spiro atoms. The zero-order chi connectivity index (χ0) is 37.3. The first-order valence-electron chi connectivity index (χ1n) is 15.1. The average Bonchev–Trinajstić information content (AvgIpc) is 3.11. The minimum atomic E-state index is -6.00. The van der Waals surface area contributed by atoms with E-state index in [0.717, 1.165) is 10.8 Å². The summed E-state index contributed by atoms with van der Waals surface area (Å²) in [5.41, 5.74) is 0. The molecule has 5 rings (SSSR count). The van der Waals surface area contributed by atoms with Crippen LogP contribution in [0.2, 0.25) is 9.28 Å². The minimum absolute atomic E-state index is 0. The van der Waals surface area contributed by atoms with Gasteiger partial charge in [-0.05, 0) is 0 Å². The van der Waals surface area contributed by atoms with E-state index in [1.807, 2.05) is 6.07 Å². The van der Waals surface area contributed by atoms with Gasteiger partial charge in [0.15, 0.2) is 0 Å². The number of nitriles is 2. The maximum atomic E-state index is 11.0. The number of rotatable bonds is 11. The first-order valence-corrected chi connectivity index (χ1v) is 22.0.